The van der Waals surface area contributed by atoms with E-state index in [9.17, 15) is 24.9 Å². The van der Waals surface area contributed by atoms with E-state index in [0.717, 1.165) is 37.7 Å². The van der Waals surface area contributed by atoms with Crippen molar-refractivity contribution >= 4 is 23.4 Å². The van der Waals surface area contributed by atoms with Crippen LogP contribution in [0.2, 0.25) is 5.02 Å². The average Bonchev–Trinajstić information content (AvgIpc) is 3.39. The van der Waals surface area contributed by atoms with E-state index in [1.807, 2.05) is 12.1 Å². The van der Waals surface area contributed by atoms with Crippen LogP contribution in [0.5, 0.6) is 11.5 Å². The Kier molecular flexibility index (Phi) is 11.3. The van der Waals surface area contributed by atoms with E-state index in [1.54, 1.807) is 35.2 Å². The van der Waals surface area contributed by atoms with Gasteiger partial charge in [-0.15, -0.1) is 0 Å². The molecule has 2 aromatic carbocycles. The van der Waals surface area contributed by atoms with Crippen molar-refractivity contribution in [3.63, 3.8) is 0 Å². The second-order valence-corrected chi connectivity index (χ2v) is 11.3. The van der Waals surface area contributed by atoms with Crippen molar-refractivity contribution in [1.82, 2.24) is 10.2 Å². The van der Waals surface area contributed by atoms with Gasteiger partial charge in [-0.05, 0) is 47.9 Å². The minimum atomic E-state index is -1.17. The summed E-state index contributed by atoms with van der Waals surface area (Å²) in [5.74, 6) is -0.472. The van der Waals surface area contributed by atoms with Gasteiger partial charge in [0.25, 0.3) is 0 Å². The normalized spacial score (nSPS) is 20.7. The number of amides is 2. The van der Waals surface area contributed by atoms with Crippen LogP contribution in [-0.4, -0.2) is 70.5 Å². The molecule has 1 aliphatic carbocycles. The van der Waals surface area contributed by atoms with Crippen LogP contribution in [-0.2, 0) is 22.7 Å². The van der Waals surface area contributed by atoms with Gasteiger partial charge in [0, 0.05) is 35.7 Å². The highest BCUT2D eigenvalue weighted by Crippen LogP contribution is 2.51. The number of nitrogens with zero attached hydrogens (tertiary/aromatic N) is 1. The molecule has 2 amide bonds. The number of hydrogen-bond acceptors (Lipinski definition) is 7. The molecule has 2 aromatic rings. The summed E-state index contributed by atoms with van der Waals surface area (Å²) in [6, 6.07) is 9.72. The Morgan fingerprint density at radius 2 is 1.81 bits per heavy atom. The minimum Gasteiger partial charge on any atom is -0.493 e. The van der Waals surface area contributed by atoms with Gasteiger partial charge in [-0.1, -0.05) is 56.3 Å². The second-order valence-electron chi connectivity index (χ2n) is 10.8. The van der Waals surface area contributed by atoms with Crippen molar-refractivity contribution in [1.29, 1.82) is 0 Å². The summed E-state index contributed by atoms with van der Waals surface area (Å²) in [5, 5.41) is 34.3. The predicted octanol–water partition coefficient (Wildman–Crippen LogP) is 3.85. The topological polar surface area (TPSA) is 129 Å². The monoisotopic (exact) mass is 600 g/mol. The third kappa shape index (κ3) is 7.09. The van der Waals surface area contributed by atoms with E-state index in [1.165, 1.54) is 7.11 Å². The first-order chi connectivity index (χ1) is 20.3. The summed E-state index contributed by atoms with van der Waals surface area (Å²) in [4.78, 5) is 28.9. The van der Waals surface area contributed by atoms with Crippen molar-refractivity contribution in [3.05, 3.63) is 69.8 Å². The van der Waals surface area contributed by atoms with Gasteiger partial charge in [0.2, 0.25) is 11.8 Å². The van der Waals surface area contributed by atoms with Gasteiger partial charge >= 0.3 is 0 Å². The molecule has 9 nitrogen and oxygen atoms in total. The average molecular weight is 601 g/mol. The Morgan fingerprint density at radius 3 is 2.48 bits per heavy atom. The van der Waals surface area contributed by atoms with Crippen molar-refractivity contribution in [3.8, 4) is 11.5 Å². The molecule has 0 aromatic heterocycles. The highest BCUT2D eigenvalue weighted by Gasteiger charge is 2.51. The number of aliphatic hydroxyl groups is 3. The van der Waals surface area contributed by atoms with Crippen LogP contribution in [0, 0.1) is 0 Å². The first-order valence-corrected chi connectivity index (χ1v) is 15.0. The number of hydrogen-bond donors (Lipinski definition) is 4. The number of carbonyl (C=O) groups excluding carboxylic acids is 2. The lowest BCUT2D eigenvalue weighted by Gasteiger charge is -2.41. The third-order valence-corrected chi connectivity index (χ3v) is 8.19. The van der Waals surface area contributed by atoms with Crippen LogP contribution in [0.15, 0.2) is 48.0 Å². The lowest BCUT2D eigenvalue weighted by Crippen LogP contribution is -2.55. The summed E-state index contributed by atoms with van der Waals surface area (Å²) >= 11 is 6.11. The Hall–Kier alpha value is -3.11. The van der Waals surface area contributed by atoms with Gasteiger partial charge in [0.15, 0.2) is 11.5 Å². The lowest BCUT2D eigenvalue weighted by molar-refractivity contribution is -0.138. The van der Waals surface area contributed by atoms with E-state index in [0.29, 0.717) is 39.6 Å². The number of fused-ring (bicyclic) bond motifs is 3. The standard InChI is InChI=1S/C32H41ClN2O7/c1-3-4-5-6-7-8-27(38)35(18-20-9-11-22(33)12-10-20)25-17-24(32(40)34-13-14-36)28-23-15-21(19-37)16-26(41-2)30(23)42-31(28)29(25)39/h9-12,15-17,25,28-29,31,36-37,39H,3-8,13-14,18-19H2,1-2H3,(H,34,40)/t25-,28+,29+,31+/m1/s1. The summed E-state index contributed by atoms with van der Waals surface area (Å²) in [6.45, 7) is 1.90. The Bertz CT molecular complexity index is 1270. The fourth-order valence-electron chi connectivity index (χ4n) is 5.79. The predicted molar refractivity (Wildman–Crippen MR) is 159 cm³/mol. The van der Waals surface area contributed by atoms with Gasteiger partial charge in [0.1, 0.15) is 12.2 Å². The van der Waals surface area contributed by atoms with Gasteiger partial charge in [-0.2, -0.15) is 0 Å². The molecule has 4 rings (SSSR count). The van der Waals surface area contributed by atoms with E-state index >= 15 is 0 Å². The van der Waals surface area contributed by atoms with Gasteiger partial charge in [-0.25, -0.2) is 0 Å². The van der Waals surface area contributed by atoms with Gasteiger partial charge in [-0.3, -0.25) is 9.59 Å². The number of carbonyl (C=O) groups is 2. The number of benzene rings is 2. The molecular weight excluding hydrogens is 560 g/mol. The molecule has 0 unspecified atom stereocenters. The summed E-state index contributed by atoms with van der Waals surface area (Å²) in [7, 11) is 1.49. The molecule has 0 saturated carbocycles. The SMILES string of the molecule is CCCCCCCC(=O)N(Cc1ccc(Cl)cc1)[C@@H]1C=C(C(=O)NCCO)[C@@H]2c3cc(CO)cc(OC)c3O[C@@H]2[C@H]1O. The zero-order valence-electron chi connectivity index (χ0n) is 24.2. The maximum atomic E-state index is 13.8. The van der Waals surface area contributed by atoms with Crippen LogP contribution in [0.4, 0.5) is 0 Å². The van der Waals surface area contributed by atoms with Crippen molar-refractivity contribution in [2.75, 3.05) is 20.3 Å². The van der Waals surface area contributed by atoms with E-state index in [-0.39, 0.29) is 32.2 Å². The van der Waals surface area contributed by atoms with E-state index < -0.39 is 30.1 Å². The number of ether oxygens (including phenoxy) is 2. The molecule has 0 saturated heterocycles. The summed E-state index contributed by atoms with van der Waals surface area (Å²) < 4.78 is 11.8. The van der Waals surface area contributed by atoms with Crippen molar-refractivity contribution in [2.24, 2.45) is 0 Å². The van der Waals surface area contributed by atoms with Crippen LogP contribution in [0.3, 0.4) is 0 Å². The second kappa shape index (κ2) is 14.9. The Morgan fingerprint density at radius 1 is 1.07 bits per heavy atom. The molecule has 2 aliphatic rings. The number of unbranched alkanes of at least 4 members (excludes halogenated alkanes) is 4. The maximum absolute atomic E-state index is 13.8. The van der Waals surface area contributed by atoms with Crippen LogP contribution in [0.25, 0.3) is 0 Å². The zero-order chi connectivity index (χ0) is 30.2. The molecule has 4 N–H and O–H groups in total. The first kappa shape index (κ1) is 31.8. The lowest BCUT2D eigenvalue weighted by atomic mass is 9.77. The van der Waals surface area contributed by atoms with E-state index in [2.05, 4.69) is 12.2 Å². The molecule has 0 radical (unpaired) electrons. The maximum Gasteiger partial charge on any atom is 0.247 e. The quantitative estimate of drug-likeness (QED) is 0.242. The molecule has 0 fully saturated rings. The molecule has 228 valence electrons. The molecule has 10 heteroatoms. The molecule has 0 spiro atoms. The molecule has 42 heavy (non-hydrogen) atoms. The van der Waals surface area contributed by atoms with Crippen LogP contribution in [0.1, 0.15) is 68.1 Å². The molecular formula is C32H41ClN2O7. The van der Waals surface area contributed by atoms with Crippen molar-refractivity contribution in [2.45, 2.75) is 82.8 Å². The Balaban J connectivity index is 1.74. The van der Waals surface area contributed by atoms with Crippen molar-refractivity contribution < 1.29 is 34.4 Å². The smallest absolute Gasteiger partial charge is 0.247 e. The fourth-order valence-corrected chi connectivity index (χ4v) is 5.91. The van der Waals surface area contributed by atoms with Crippen LogP contribution >= 0.6 is 11.6 Å². The minimum absolute atomic E-state index is 0.0413. The third-order valence-electron chi connectivity index (χ3n) is 7.94. The number of methoxy groups -OCH3 is 1. The number of halogens is 1. The summed E-state index contributed by atoms with van der Waals surface area (Å²) in [5.41, 5.74) is 2.33. The highest BCUT2D eigenvalue weighted by molar-refractivity contribution is 6.30. The number of rotatable bonds is 14. The fraction of sp³-hybridized carbons (Fsp3) is 0.500. The largest absolute Gasteiger partial charge is 0.493 e. The zero-order valence-corrected chi connectivity index (χ0v) is 25.0. The molecule has 0 bridgehead atoms. The van der Waals surface area contributed by atoms with Gasteiger partial charge < -0.3 is 35.0 Å². The molecule has 1 heterocycles. The first-order valence-electron chi connectivity index (χ1n) is 14.6. The Labute approximate surface area is 252 Å². The summed E-state index contributed by atoms with van der Waals surface area (Å²) in [6.07, 6.45) is 4.82. The molecule has 4 atom stereocenters. The highest BCUT2D eigenvalue weighted by atomic mass is 35.5. The van der Waals surface area contributed by atoms with Crippen LogP contribution < -0.4 is 14.8 Å². The molecule has 1 aliphatic heterocycles. The van der Waals surface area contributed by atoms with Gasteiger partial charge in [0.05, 0.1) is 32.3 Å². The van der Waals surface area contributed by atoms with E-state index in [4.69, 9.17) is 21.1 Å². The number of nitrogens with one attached hydrogen (secondary N) is 1. The number of aliphatic hydroxyl groups excluding tert-OH is 3.